The third kappa shape index (κ3) is 2.78. The van der Waals surface area contributed by atoms with E-state index in [2.05, 4.69) is 113 Å². The van der Waals surface area contributed by atoms with Crippen LogP contribution in [-0.2, 0) is 0 Å². The fourth-order valence-corrected chi connectivity index (χ4v) is 8.12. The van der Waals surface area contributed by atoms with Crippen molar-refractivity contribution in [2.24, 2.45) is 0 Å². The quantitative estimate of drug-likeness (QED) is 0.215. The number of thiophene rings is 1. The molecule has 0 spiro atoms. The molecule has 1 aliphatic rings. The first-order valence-corrected chi connectivity index (χ1v) is 13.8. The van der Waals surface area contributed by atoms with Crippen molar-refractivity contribution >= 4 is 53.1 Å². The maximum absolute atomic E-state index is 2.42. The smallest absolute Gasteiger partial charge is 0.0364 e. The molecule has 0 atom stereocenters. The van der Waals surface area contributed by atoms with Crippen LogP contribution in [0.3, 0.4) is 0 Å². The molecule has 1 heterocycles. The van der Waals surface area contributed by atoms with Crippen molar-refractivity contribution in [3.8, 4) is 33.4 Å². The average Bonchev–Trinajstić information content (AvgIpc) is 3.42. The number of aryl methyl sites for hydroxylation is 4. The van der Waals surface area contributed by atoms with Gasteiger partial charge in [-0.2, -0.15) is 0 Å². The SMILES string of the molecule is Cc1cccc(-c2cc(C)c3c4c(cccc24)-c2c-3ccc3c2c(C)cc2sc4cc(C)ccc4c23)c1. The van der Waals surface area contributed by atoms with Crippen molar-refractivity contribution in [3.63, 3.8) is 0 Å². The number of benzene rings is 6. The number of hydrogen-bond donors (Lipinski definition) is 0. The molecule has 0 unspecified atom stereocenters. The van der Waals surface area contributed by atoms with Gasteiger partial charge in [-0.3, -0.25) is 0 Å². The molecule has 0 saturated carbocycles. The molecule has 0 fully saturated rings. The number of fused-ring (bicyclic) bond motifs is 9. The van der Waals surface area contributed by atoms with Crippen LogP contribution in [0.4, 0.5) is 0 Å². The van der Waals surface area contributed by atoms with Gasteiger partial charge in [-0.1, -0.05) is 78.4 Å². The van der Waals surface area contributed by atoms with Gasteiger partial charge in [-0.05, 0) is 111 Å². The van der Waals surface area contributed by atoms with Crippen molar-refractivity contribution in [2.45, 2.75) is 27.7 Å². The zero-order valence-electron chi connectivity index (χ0n) is 21.5. The van der Waals surface area contributed by atoms with Crippen LogP contribution in [0.15, 0.2) is 84.9 Å². The Morgan fingerprint density at radius 3 is 2.14 bits per heavy atom. The molecule has 8 rings (SSSR count). The van der Waals surface area contributed by atoms with Crippen LogP contribution in [0.25, 0.3) is 75.1 Å². The summed E-state index contributed by atoms with van der Waals surface area (Å²) in [5, 5.41) is 8.33. The van der Waals surface area contributed by atoms with E-state index in [4.69, 9.17) is 0 Å². The molecule has 7 aromatic rings. The van der Waals surface area contributed by atoms with Gasteiger partial charge in [0.15, 0.2) is 0 Å². The summed E-state index contributed by atoms with van der Waals surface area (Å²) < 4.78 is 2.77. The topological polar surface area (TPSA) is 0 Å². The predicted octanol–water partition coefficient (Wildman–Crippen LogP) is 10.9. The van der Waals surface area contributed by atoms with E-state index in [0.29, 0.717) is 0 Å². The lowest BCUT2D eigenvalue weighted by Crippen LogP contribution is -1.88. The van der Waals surface area contributed by atoms with E-state index in [1.54, 1.807) is 0 Å². The third-order valence-corrected chi connectivity index (χ3v) is 9.42. The fourth-order valence-electron chi connectivity index (χ4n) is 6.80. The number of hydrogen-bond acceptors (Lipinski definition) is 1. The molecule has 6 aromatic carbocycles. The Labute approximate surface area is 220 Å². The summed E-state index contributed by atoms with van der Waals surface area (Å²) >= 11 is 1.92. The predicted molar refractivity (Wildman–Crippen MR) is 163 cm³/mol. The first-order chi connectivity index (χ1) is 18.0. The summed E-state index contributed by atoms with van der Waals surface area (Å²) in [6.45, 7) is 8.95. The monoisotopic (exact) mass is 490 g/mol. The van der Waals surface area contributed by atoms with E-state index in [0.717, 1.165) is 0 Å². The second-order valence-electron chi connectivity index (χ2n) is 10.8. The fraction of sp³-hybridized carbons (Fsp3) is 0.111. The van der Waals surface area contributed by atoms with Crippen LogP contribution in [-0.4, -0.2) is 0 Å². The van der Waals surface area contributed by atoms with E-state index in [-0.39, 0.29) is 0 Å². The Morgan fingerprint density at radius 1 is 0.459 bits per heavy atom. The zero-order chi connectivity index (χ0) is 25.0. The van der Waals surface area contributed by atoms with Gasteiger partial charge in [0, 0.05) is 20.2 Å². The second-order valence-corrected chi connectivity index (χ2v) is 11.9. The minimum Gasteiger partial charge on any atom is -0.135 e. The molecule has 1 aliphatic carbocycles. The van der Waals surface area contributed by atoms with E-state index < -0.39 is 0 Å². The van der Waals surface area contributed by atoms with Crippen molar-refractivity contribution < 1.29 is 0 Å². The van der Waals surface area contributed by atoms with Crippen molar-refractivity contribution in [3.05, 3.63) is 107 Å². The first-order valence-electron chi connectivity index (χ1n) is 13.0. The molecule has 0 saturated heterocycles. The number of rotatable bonds is 1. The average molecular weight is 491 g/mol. The van der Waals surface area contributed by atoms with E-state index in [1.165, 1.54) is 97.4 Å². The minimum atomic E-state index is 1.30. The maximum atomic E-state index is 2.42. The lowest BCUT2D eigenvalue weighted by Gasteiger charge is -2.13. The molecule has 0 radical (unpaired) electrons. The molecule has 37 heavy (non-hydrogen) atoms. The Morgan fingerprint density at radius 2 is 1.27 bits per heavy atom. The third-order valence-electron chi connectivity index (χ3n) is 8.32. The van der Waals surface area contributed by atoms with Crippen LogP contribution in [0.1, 0.15) is 22.3 Å². The van der Waals surface area contributed by atoms with Gasteiger partial charge in [0.2, 0.25) is 0 Å². The van der Waals surface area contributed by atoms with Crippen molar-refractivity contribution in [1.82, 2.24) is 0 Å². The van der Waals surface area contributed by atoms with Gasteiger partial charge >= 0.3 is 0 Å². The molecule has 0 N–H and O–H groups in total. The Bertz CT molecular complexity index is 2120. The summed E-state index contributed by atoms with van der Waals surface area (Å²) in [6.07, 6.45) is 0. The normalized spacial score (nSPS) is 12.3. The molecule has 1 aromatic heterocycles. The van der Waals surface area contributed by atoms with Gasteiger partial charge in [0.05, 0.1) is 0 Å². The van der Waals surface area contributed by atoms with Crippen LogP contribution >= 0.6 is 11.3 Å². The lowest BCUT2D eigenvalue weighted by atomic mass is 9.90. The second kappa shape index (κ2) is 7.31. The highest BCUT2D eigenvalue weighted by Gasteiger charge is 2.28. The summed E-state index contributed by atoms with van der Waals surface area (Å²) in [5.74, 6) is 0. The van der Waals surface area contributed by atoms with Gasteiger partial charge in [0.1, 0.15) is 0 Å². The van der Waals surface area contributed by atoms with Gasteiger partial charge in [-0.15, -0.1) is 11.3 Å². The zero-order valence-corrected chi connectivity index (χ0v) is 22.3. The van der Waals surface area contributed by atoms with Crippen molar-refractivity contribution in [2.75, 3.05) is 0 Å². The molecule has 0 bridgehead atoms. The van der Waals surface area contributed by atoms with Crippen molar-refractivity contribution in [1.29, 1.82) is 0 Å². The highest BCUT2D eigenvalue weighted by atomic mass is 32.1. The largest absolute Gasteiger partial charge is 0.135 e. The summed E-state index contributed by atoms with van der Waals surface area (Å²) in [5.41, 5.74) is 13.5. The van der Waals surface area contributed by atoms with Gasteiger partial charge < -0.3 is 0 Å². The molecule has 176 valence electrons. The van der Waals surface area contributed by atoms with Crippen LogP contribution < -0.4 is 0 Å². The summed E-state index contributed by atoms with van der Waals surface area (Å²) in [4.78, 5) is 0. The Balaban J connectivity index is 1.52. The molecule has 0 nitrogen and oxygen atoms in total. The van der Waals surface area contributed by atoms with Crippen LogP contribution in [0.2, 0.25) is 0 Å². The molecular formula is C36H26S. The van der Waals surface area contributed by atoms with E-state index in [1.807, 2.05) is 11.3 Å². The van der Waals surface area contributed by atoms with Crippen LogP contribution in [0.5, 0.6) is 0 Å². The van der Waals surface area contributed by atoms with E-state index >= 15 is 0 Å². The highest BCUT2D eigenvalue weighted by Crippen LogP contribution is 2.55. The minimum absolute atomic E-state index is 1.30. The Hall–Kier alpha value is -3.94. The molecule has 1 heteroatoms. The molecule has 0 amide bonds. The lowest BCUT2D eigenvalue weighted by molar-refractivity contribution is 1.46. The summed E-state index contributed by atoms with van der Waals surface area (Å²) in [7, 11) is 0. The molecular weight excluding hydrogens is 464 g/mol. The van der Waals surface area contributed by atoms with Crippen LogP contribution in [0, 0.1) is 27.7 Å². The Kier molecular flexibility index (Phi) is 4.18. The standard InChI is InChI=1S/C36H26S/c1-19-7-5-8-23(15-19)29-17-21(3)32-28-14-13-27-33(36(28)26-10-6-9-24(29)35(26)32)22(4)18-31-34(27)25-12-11-20(2)16-30(25)37-31/h5-18H,1-4H3. The maximum Gasteiger partial charge on any atom is 0.0364 e. The van der Waals surface area contributed by atoms with Gasteiger partial charge in [0.25, 0.3) is 0 Å². The molecule has 0 aliphatic heterocycles. The summed E-state index contributed by atoms with van der Waals surface area (Å²) in [6, 6.07) is 32.3. The van der Waals surface area contributed by atoms with E-state index in [9.17, 15) is 0 Å². The highest BCUT2D eigenvalue weighted by molar-refractivity contribution is 7.26. The van der Waals surface area contributed by atoms with Gasteiger partial charge in [-0.25, -0.2) is 0 Å². The first kappa shape index (κ1) is 21.2.